The standard InChI is InChI=1S/C13H18N2O3S/c16-13(5-7-19-8-6-13)10-14-9-11-3-1-2-4-12(11)15(17)18/h1-4,14,16H,5-10H2. The van der Waals surface area contributed by atoms with Gasteiger partial charge in [0.25, 0.3) is 5.69 Å². The van der Waals surface area contributed by atoms with Crippen molar-refractivity contribution in [3.05, 3.63) is 39.9 Å². The highest BCUT2D eigenvalue weighted by Gasteiger charge is 2.29. The van der Waals surface area contributed by atoms with E-state index in [1.54, 1.807) is 18.2 Å². The highest BCUT2D eigenvalue weighted by molar-refractivity contribution is 7.99. The van der Waals surface area contributed by atoms with E-state index in [1.807, 2.05) is 11.8 Å². The molecule has 0 saturated carbocycles. The lowest BCUT2D eigenvalue weighted by molar-refractivity contribution is -0.385. The molecule has 1 aliphatic rings. The normalized spacial score (nSPS) is 18.2. The fourth-order valence-corrected chi connectivity index (χ4v) is 3.45. The number of thioether (sulfide) groups is 1. The maximum atomic E-state index is 10.9. The Morgan fingerprint density at radius 3 is 2.74 bits per heavy atom. The number of nitrogens with one attached hydrogen (secondary N) is 1. The molecule has 0 amide bonds. The van der Waals surface area contributed by atoms with Gasteiger partial charge in [0.2, 0.25) is 0 Å². The topological polar surface area (TPSA) is 75.4 Å². The number of nitro groups is 1. The molecule has 19 heavy (non-hydrogen) atoms. The Kier molecular flexibility index (Phi) is 4.79. The zero-order valence-electron chi connectivity index (χ0n) is 10.7. The number of aliphatic hydroxyl groups is 1. The Hall–Kier alpha value is -1.11. The predicted molar refractivity (Wildman–Crippen MR) is 76.3 cm³/mol. The monoisotopic (exact) mass is 282 g/mol. The highest BCUT2D eigenvalue weighted by Crippen LogP contribution is 2.26. The third kappa shape index (κ3) is 3.92. The summed E-state index contributed by atoms with van der Waals surface area (Å²) in [7, 11) is 0. The zero-order chi connectivity index (χ0) is 13.7. The van der Waals surface area contributed by atoms with Crippen LogP contribution in [0.2, 0.25) is 0 Å². The van der Waals surface area contributed by atoms with Gasteiger partial charge in [-0.3, -0.25) is 10.1 Å². The van der Waals surface area contributed by atoms with E-state index in [0.717, 1.165) is 24.3 Å². The van der Waals surface area contributed by atoms with Crippen LogP contribution in [0, 0.1) is 10.1 Å². The minimum absolute atomic E-state index is 0.126. The molecule has 1 heterocycles. The molecule has 2 rings (SSSR count). The maximum absolute atomic E-state index is 10.9. The largest absolute Gasteiger partial charge is 0.389 e. The van der Waals surface area contributed by atoms with Crippen molar-refractivity contribution < 1.29 is 10.0 Å². The van der Waals surface area contributed by atoms with Crippen LogP contribution < -0.4 is 5.32 Å². The van der Waals surface area contributed by atoms with E-state index >= 15 is 0 Å². The number of nitrogens with zero attached hydrogens (tertiary/aromatic N) is 1. The van der Waals surface area contributed by atoms with Crippen molar-refractivity contribution in [3.63, 3.8) is 0 Å². The Morgan fingerprint density at radius 1 is 1.37 bits per heavy atom. The molecule has 1 aliphatic heterocycles. The molecule has 6 heteroatoms. The van der Waals surface area contributed by atoms with Crippen LogP contribution in [0.4, 0.5) is 5.69 Å². The number of nitro benzene ring substituents is 1. The van der Waals surface area contributed by atoms with Gasteiger partial charge in [0.05, 0.1) is 10.5 Å². The zero-order valence-corrected chi connectivity index (χ0v) is 11.5. The highest BCUT2D eigenvalue weighted by atomic mass is 32.2. The lowest BCUT2D eigenvalue weighted by Gasteiger charge is -2.31. The van der Waals surface area contributed by atoms with Crippen molar-refractivity contribution in [3.8, 4) is 0 Å². The molecule has 0 aliphatic carbocycles. The fourth-order valence-electron chi connectivity index (χ4n) is 2.20. The molecule has 1 aromatic carbocycles. The van der Waals surface area contributed by atoms with Gasteiger partial charge in [0, 0.05) is 24.7 Å². The first-order chi connectivity index (χ1) is 9.11. The van der Waals surface area contributed by atoms with Crippen molar-refractivity contribution in [1.29, 1.82) is 0 Å². The molecular formula is C13H18N2O3S. The Bertz CT molecular complexity index is 447. The van der Waals surface area contributed by atoms with Crippen molar-refractivity contribution in [2.75, 3.05) is 18.1 Å². The van der Waals surface area contributed by atoms with Gasteiger partial charge in [-0.2, -0.15) is 11.8 Å². The second-order valence-electron chi connectivity index (χ2n) is 4.83. The second-order valence-corrected chi connectivity index (χ2v) is 6.05. The molecule has 0 aromatic heterocycles. The first-order valence-corrected chi connectivity index (χ1v) is 7.49. The SMILES string of the molecule is O=[N+]([O-])c1ccccc1CNCC1(O)CCSCC1. The Morgan fingerprint density at radius 2 is 2.05 bits per heavy atom. The van der Waals surface area contributed by atoms with Crippen LogP contribution in [0.1, 0.15) is 18.4 Å². The quantitative estimate of drug-likeness (QED) is 0.637. The minimum atomic E-state index is -0.658. The van der Waals surface area contributed by atoms with Gasteiger partial charge in [-0.1, -0.05) is 18.2 Å². The molecule has 104 valence electrons. The van der Waals surface area contributed by atoms with Crippen LogP contribution in [0.3, 0.4) is 0 Å². The predicted octanol–water partition coefficient (Wildman–Crippen LogP) is 1.94. The van der Waals surface area contributed by atoms with E-state index in [-0.39, 0.29) is 10.6 Å². The molecule has 0 spiro atoms. The van der Waals surface area contributed by atoms with Gasteiger partial charge in [-0.15, -0.1) is 0 Å². The number of benzene rings is 1. The molecule has 0 unspecified atom stereocenters. The van der Waals surface area contributed by atoms with E-state index in [9.17, 15) is 15.2 Å². The summed E-state index contributed by atoms with van der Waals surface area (Å²) in [6.07, 6.45) is 1.56. The summed E-state index contributed by atoms with van der Waals surface area (Å²) in [5.41, 5.74) is 0.122. The number of para-hydroxylation sites is 1. The first-order valence-electron chi connectivity index (χ1n) is 6.34. The smallest absolute Gasteiger partial charge is 0.273 e. The minimum Gasteiger partial charge on any atom is -0.389 e. The molecule has 1 aromatic rings. The number of hydrogen-bond acceptors (Lipinski definition) is 5. The molecule has 0 radical (unpaired) electrons. The number of rotatable bonds is 5. The van der Waals surface area contributed by atoms with Crippen molar-refractivity contribution in [2.45, 2.75) is 25.0 Å². The molecule has 0 atom stereocenters. The van der Waals surface area contributed by atoms with Gasteiger partial charge in [-0.05, 0) is 24.3 Å². The van der Waals surface area contributed by atoms with Crippen molar-refractivity contribution in [1.82, 2.24) is 5.32 Å². The lowest BCUT2D eigenvalue weighted by Crippen LogP contribution is -2.43. The van der Waals surface area contributed by atoms with E-state index in [4.69, 9.17) is 0 Å². The number of hydrogen-bond donors (Lipinski definition) is 2. The van der Waals surface area contributed by atoms with Gasteiger partial charge in [0.1, 0.15) is 0 Å². The van der Waals surface area contributed by atoms with Crippen LogP contribution in [-0.2, 0) is 6.54 Å². The van der Waals surface area contributed by atoms with E-state index in [1.165, 1.54) is 6.07 Å². The summed E-state index contributed by atoms with van der Waals surface area (Å²) in [5, 5.41) is 24.3. The molecule has 2 N–H and O–H groups in total. The molecular weight excluding hydrogens is 264 g/mol. The molecule has 5 nitrogen and oxygen atoms in total. The summed E-state index contributed by atoms with van der Waals surface area (Å²) < 4.78 is 0. The third-order valence-electron chi connectivity index (χ3n) is 3.38. The van der Waals surface area contributed by atoms with Gasteiger partial charge >= 0.3 is 0 Å². The van der Waals surface area contributed by atoms with Crippen LogP contribution >= 0.6 is 11.8 Å². The fraction of sp³-hybridized carbons (Fsp3) is 0.538. The van der Waals surface area contributed by atoms with Gasteiger partial charge < -0.3 is 10.4 Å². The van der Waals surface area contributed by atoms with E-state index < -0.39 is 5.60 Å². The van der Waals surface area contributed by atoms with Crippen molar-refractivity contribution in [2.24, 2.45) is 0 Å². The summed E-state index contributed by atoms with van der Waals surface area (Å²) >= 11 is 1.86. The summed E-state index contributed by atoms with van der Waals surface area (Å²) in [6, 6.07) is 6.69. The van der Waals surface area contributed by atoms with Crippen LogP contribution in [0.25, 0.3) is 0 Å². The Balaban J connectivity index is 1.90. The second kappa shape index (κ2) is 6.36. The summed E-state index contributed by atoms with van der Waals surface area (Å²) in [5.74, 6) is 1.95. The summed E-state index contributed by atoms with van der Waals surface area (Å²) in [4.78, 5) is 10.5. The lowest BCUT2D eigenvalue weighted by atomic mass is 9.97. The third-order valence-corrected chi connectivity index (χ3v) is 4.37. The van der Waals surface area contributed by atoms with Crippen LogP contribution in [0.5, 0.6) is 0 Å². The van der Waals surface area contributed by atoms with Gasteiger partial charge in [0.15, 0.2) is 0 Å². The molecule has 1 saturated heterocycles. The first kappa shape index (κ1) is 14.3. The average Bonchev–Trinajstić information content (AvgIpc) is 2.40. The van der Waals surface area contributed by atoms with E-state index in [0.29, 0.717) is 18.7 Å². The van der Waals surface area contributed by atoms with Crippen LogP contribution in [-0.4, -0.2) is 33.7 Å². The summed E-state index contributed by atoms with van der Waals surface area (Å²) in [6.45, 7) is 0.895. The van der Waals surface area contributed by atoms with E-state index in [2.05, 4.69) is 5.32 Å². The van der Waals surface area contributed by atoms with Gasteiger partial charge in [-0.25, -0.2) is 0 Å². The van der Waals surface area contributed by atoms with Crippen molar-refractivity contribution >= 4 is 17.4 Å². The average molecular weight is 282 g/mol. The molecule has 1 fully saturated rings. The van der Waals surface area contributed by atoms with Crippen LogP contribution in [0.15, 0.2) is 24.3 Å². The molecule has 0 bridgehead atoms. The maximum Gasteiger partial charge on any atom is 0.273 e. The Labute approximate surface area is 116 Å².